The van der Waals surface area contributed by atoms with E-state index in [1.807, 2.05) is 20.0 Å². The lowest BCUT2D eigenvalue weighted by Gasteiger charge is -2.32. The Labute approximate surface area is 139 Å². The van der Waals surface area contributed by atoms with Gasteiger partial charge in [-0.25, -0.2) is 13.1 Å². The molecule has 6 nitrogen and oxygen atoms in total. The zero-order chi connectivity index (χ0) is 17.0. The van der Waals surface area contributed by atoms with Crippen LogP contribution in [0.5, 0.6) is 5.75 Å². The van der Waals surface area contributed by atoms with Gasteiger partial charge in [0.15, 0.2) is 0 Å². The van der Waals surface area contributed by atoms with E-state index in [0.717, 1.165) is 55.0 Å². The Bertz CT molecular complexity index is 646. The van der Waals surface area contributed by atoms with Crippen molar-refractivity contribution in [3.63, 3.8) is 0 Å². The van der Waals surface area contributed by atoms with Gasteiger partial charge in [0.25, 0.3) is 0 Å². The van der Waals surface area contributed by atoms with E-state index in [9.17, 15) is 8.42 Å². The van der Waals surface area contributed by atoms with Crippen LogP contribution in [0.2, 0.25) is 0 Å². The molecule has 0 bridgehead atoms. The highest BCUT2D eigenvalue weighted by atomic mass is 32.2. The molecule has 0 saturated carbocycles. The minimum absolute atomic E-state index is 0.353. The molecule has 1 N–H and O–H groups in total. The van der Waals surface area contributed by atoms with Gasteiger partial charge in [0.2, 0.25) is 10.0 Å². The average Bonchev–Trinajstić information content (AvgIpc) is 2.48. The average molecular weight is 341 g/mol. The molecule has 7 heteroatoms. The van der Waals surface area contributed by atoms with Gasteiger partial charge >= 0.3 is 0 Å². The number of nitrogens with zero attached hydrogens (tertiary/aromatic N) is 2. The Hall–Kier alpha value is -1.18. The largest absolute Gasteiger partial charge is 0.496 e. The molecule has 0 spiro atoms. The molecule has 1 aliphatic rings. The monoisotopic (exact) mass is 341 g/mol. The van der Waals surface area contributed by atoms with Crippen LogP contribution >= 0.6 is 0 Å². The van der Waals surface area contributed by atoms with Gasteiger partial charge in [-0.3, -0.25) is 9.88 Å². The second-order valence-electron chi connectivity index (χ2n) is 6.41. The molecule has 1 aliphatic heterocycles. The number of rotatable bonds is 6. The molecule has 0 unspecified atom stereocenters. The second-order valence-corrected chi connectivity index (χ2v) is 8.24. The molecule has 1 aromatic rings. The van der Waals surface area contributed by atoms with E-state index in [2.05, 4.69) is 14.6 Å². The van der Waals surface area contributed by atoms with Crippen molar-refractivity contribution in [3.8, 4) is 5.75 Å². The number of ether oxygens (including phenoxy) is 1. The lowest BCUT2D eigenvalue weighted by atomic mass is 9.98. The van der Waals surface area contributed by atoms with Crippen molar-refractivity contribution in [2.45, 2.75) is 33.2 Å². The van der Waals surface area contributed by atoms with Crippen molar-refractivity contribution < 1.29 is 13.2 Å². The summed E-state index contributed by atoms with van der Waals surface area (Å²) in [6.45, 7) is 7.24. The summed E-state index contributed by atoms with van der Waals surface area (Å²) in [6.07, 6.45) is 5.20. The van der Waals surface area contributed by atoms with Gasteiger partial charge in [0.05, 0.1) is 19.1 Å². The summed E-state index contributed by atoms with van der Waals surface area (Å²) >= 11 is 0. The van der Waals surface area contributed by atoms with Crippen molar-refractivity contribution in [2.75, 3.05) is 33.0 Å². The van der Waals surface area contributed by atoms with E-state index in [1.165, 1.54) is 6.26 Å². The number of aromatic nitrogens is 1. The molecule has 0 radical (unpaired) electrons. The molecule has 2 heterocycles. The highest BCUT2D eigenvalue weighted by molar-refractivity contribution is 7.88. The van der Waals surface area contributed by atoms with Gasteiger partial charge in [-0.15, -0.1) is 0 Å². The number of piperidine rings is 1. The van der Waals surface area contributed by atoms with Crippen molar-refractivity contribution in [3.05, 3.63) is 23.0 Å². The molecule has 1 aromatic heterocycles. The maximum Gasteiger partial charge on any atom is 0.208 e. The van der Waals surface area contributed by atoms with Crippen molar-refractivity contribution in [1.29, 1.82) is 0 Å². The molecular formula is C16H27N3O3S. The standard InChI is InChI=1S/C16H27N3O3S/c1-12-8-17-15(13(2)16(12)22-3)11-19-7-5-6-14(10-19)9-18-23(4,20)21/h8,14,18H,5-7,9-11H2,1-4H3/t14-/m0/s1. The van der Waals surface area contributed by atoms with E-state index in [-0.39, 0.29) is 0 Å². The quantitative estimate of drug-likeness (QED) is 0.848. The lowest BCUT2D eigenvalue weighted by Crippen LogP contribution is -2.40. The van der Waals surface area contributed by atoms with Crippen LogP contribution in [0.4, 0.5) is 0 Å². The molecule has 1 atom stereocenters. The summed E-state index contributed by atoms with van der Waals surface area (Å²) in [4.78, 5) is 6.91. The Balaban J connectivity index is 2.00. The smallest absolute Gasteiger partial charge is 0.208 e. The Morgan fingerprint density at radius 2 is 2.17 bits per heavy atom. The Morgan fingerprint density at radius 1 is 1.43 bits per heavy atom. The van der Waals surface area contributed by atoms with Crippen LogP contribution in [0.3, 0.4) is 0 Å². The second kappa shape index (κ2) is 7.59. The number of nitrogens with one attached hydrogen (secondary N) is 1. The van der Waals surface area contributed by atoms with Crippen LogP contribution in [0.25, 0.3) is 0 Å². The van der Waals surface area contributed by atoms with Gasteiger partial charge in [-0.05, 0) is 39.2 Å². The predicted octanol–water partition coefficient (Wildman–Crippen LogP) is 1.47. The van der Waals surface area contributed by atoms with Crippen molar-refractivity contribution >= 4 is 10.0 Å². The van der Waals surface area contributed by atoms with E-state index < -0.39 is 10.0 Å². The van der Waals surface area contributed by atoms with Gasteiger partial charge in [-0.1, -0.05) is 0 Å². The number of hydrogen-bond acceptors (Lipinski definition) is 5. The van der Waals surface area contributed by atoms with Gasteiger partial charge in [0.1, 0.15) is 5.75 Å². The zero-order valence-electron chi connectivity index (χ0n) is 14.4. The summed E-state index contributed by atoms with van der Waals surface area (Å²) in [7, 11) is -1.43. The molecular weight excluding hydrogens is 314 g/mol. The normalized spacial score (nSPS) is 19.7. The van der Waals surface area contributed by atoms with Crippen LogP contribution in [0.1, 0.15) is 29.7 Å². The van der Waals surface area contributed by atoms with E-state index in [0.29, 0.717) is 12.5 Å². The molecule has 0 aromatic carbocycles. The summed E-state index contributed by atoms with van der Waals surface area (Å²) in [5, 5.41) is 0. The highest BCUT2D eigenvalue weighted by Gasteiger charge is 2.22. The number of hydrogen-bond donors (Lipinski definition) is 1. The first kappa shape index (κ1) is 18.2. The first-order chi connectivity index (χ1) is 10.8. The SMILES string of the molecule is COc1c(C)cnc(CN2CCC[C@@H](CNS(C)(=O)=O)C2)c1C. The summed E-state index contributed by atoms with van der Waals surface area (Å²) in [6, 6.07) is 0. The van der Waals surface area contributed by atoms with Crippen LogP contribution in [0, 0.1) is 19.8 Å². The van der Waals surface area contributed by atoms with Crippen LogP contribution in [-0.2, 0) is 16.6 Å². The maximum atomic E-state index is 11.2. The Morgan fingerprint density at radius 3 is 2.83 bits per heavy atom. The number of methoxy groups -OCH3 is 1. The maximum absolute atomic E-state index is 11.2. The summed E-state index contributed by atoms with van der Waals surface area (Å²) in [5.41, 5.74) is 3.16. The minimum Gasteiger partial charge on any atom is -0.496 e. The van der Waals surface area contributed by atoms with Crippen molar-refractivity contribution in [2.24, 2.45) is 5.92 Å². The minimum atomic E-state index is -3.12. The van der Waals surface area contributed by atoms with E-state index in [1.54, 1.807) is 7.11 Å². The van der Waals surface area contributed by atoms with Crippen molar-refractivity contribution in [1.82, 2.24) is 14.6 Å². The molecule has 2 rings (SSSR count). The molecule has 130 valence electrons. The number of aryl methyl sites for hydroxylation is 1. The van der Waals surface area contributed by atoms with E-state index >= 15 is 0 Å². The van der Waals surface area contributed by atoms with Crippen LogP contribution in [0.15, 0.2) is 6.20 Å². The molecule has 1 saturated heterocycles. The lowest BCUT2D eigenvalue weighted by molar-refractivity contribution is 0.166. The first-order valence-electron chi connectivity index (χ1n) is 7.96. The number of sulfonamides is 1. The Kier molecular flexibility index (Phi) is 6.00. The molecule has 0 amide bonds. The van der Waals surface area contributed by atoms with E-state index in [4.69, 9.17) is 4.74 Å². The number of likely N-dealkylation sites (tertiary alicyclic amines) is 1. The summed E-state index contributed by atoms with van der Waals surface area (Å²) in [5.74, 6) is 1.26. The third kappa shape index (κ3) is 5.16. The fourth-order valence-corrected chi connectivity index (χ4v) is 3.71. The molecule has 1 fully saturated rings. The fourth-order valence-electron chi connectivity index (χ4n) is 3.17. The van der Waals surface area contributed by atoms with Gasteiger partial charge < -0.3 is 4.74 Å². The third-order valence-corrected chi connectivity index (χ3v) is 5.05. The van der Waals surface area contributed by atoms with Gasteiger partial charge in [0, 0.05) is 37.0 Å². The number of pyridine rings is 1. The first-order valence-corrected chi connectivity index (χ1v) is 9.85. The highest BCUT2D eigenvalue weighted by Crippen LogP contribution is 2.26. The van der Waals surface area contributed by atoms with Gasteiger partial charge in [-0.2, -0.15) is 0 Å². The van der Waals surface area contributed by atoms with Crippen LogP contribution < -0.4 is 9.46 Å². The topological polar surface area (TPSA) is 71.5 Å². The van der Waals surface area contributed by atoms with Crippen LogP contribution in [-0.4, -0.2) is 51.3 Å². The predicted molar refractivity (Wildman–Crippen MR) is 91.1 cm³/mol. The zero-order valence-corrected chi connectivity index (χ0v) is 15.2. The fraction of sp³-hybridized carbons (Fsp3) is 0.688. The summed E-state index contributed by atoms with van der Waals surface area (Å²) < 4.78 is 30.6. The molecule has 23 heavy (non-hydrogen) atoms. The third-order valence-electron chi connectivity index (χ3n) is 4.36. The molecule has 0 aliphatic carbocycles.